The van der Waals surface area contributed by atoms with E-state index in [1.807, 2.05) is 12.4 Å². The molecule has 0 saturated carbocycles. The molecule has 0 aliphatic heterocycles. The molecule has 1 aromatic heterocycles. The monoisotopic (exact) mass is 293 g/mol. The van der Waals surface area contributed by atoms with Crippen molar-refractivity contribution in [3.8, 4) is 0 Å². The van der Waals surface area contributed by atoms with E-state index in [2.05, 4.69) is 62.1 Å². The number of nitrogens with zero attached hydrogens (tertiary/aromatic N) is 2. The molecule has 0 fully saturated rings. The molecular formula is C13H16BrN3. The van der Waals surface area contributed by atoms with Crippen molar-refractivity contribution < 1.29 is 0 Å². The second-order valence-corrected chi connectivity index (χ2v) is 4.76. The third-order valence-corrected chi connectivity index (χ3v) is 3.33. The third kappa shape index (κ3) is 3.41. The quantitative estimate of drug-likeness (QED) is 0.919. The number of hydrogen-bond acceptors (Lipinski definition) is 2. The maximum absolute atomic E-state index is 4.36. The Morgan fingerprint density at radius 1 is 1.35 bits per heavy atom. The highest BCUT2D eigenvalue weighted by Crippen LogP contribution is 2.17. The smallest absolute Gasteiger partial charge is 0.0953 e. The van der Waals surface area contributed by atoms with Crippen LogP contribution in [0, 0.1) is 0 Å². The summed E-state index contributed by atoms with van der Waals surface area (Å²) in [7, 11) is 0. The van der Waals surface area contributed by atoms with Gasteiger partial charge in [0, 0.05) is 23.8 Å². The van der Waals surface area contributed by atoms with Gasteiger partial charge < -0.3 is 9.88 Å². The first-order chi connectivity index (χ1) is 8.29. The zero-order valence-electron chi connectivity index (χ0n) is 9.86. The second-order valence-electron chi connectivity index (χ2n) is 3.91. The fourth-order valence-electron chi connectivity index (χ4n) is 1.66. The van der Waals surface area contributed by atoms with Gasteiger partial charge in [-0.05, 0) is 18.2 Å². The highest BCUT2D eigenvalue weighted by atomic mass is 79.9. The van der Waals surface area contributed by atoms with Gasteiger partial charge in [0.2, 0.25) is 0 Å². The second kappa shape index (κ2) is 5.98. The van der Waals surface area contributed by atoms with E-state index >= 15 is 0 Å². The SMILES string of the molecule is CCNCc1cn(Cc2ccccc2Br)cn1. The normalized spacial score (nSPS) is 10.7. The molecule has 1 heterocycles. The van der Waals surface area contributed by atoms with Gasteiger partial charge in [0.25, 0.3) is 0 Å². The predicted octanol–water partition coefficient (Wildman–Crippen LogP) is 2.80. The van der Waals surface area contributed by atoms with Gasteiger partial charge in [-0.1, -0.05) is 41.1 Å². The van der Waals surface area contributed by atoms with Crippen LogP contribution in [0.2, 0.25) is 0 Å². The summed E-state index contributed by atoms with van der Waals surface area (Å²) in [6.07, 6.45) is 3.97. The molecule has 0 aliphatic carbocycles. The molecule has 90 valence electrons. The first kappa shape index (κ1) is 12.3. The van der Waals surface area contributed by atoms with Crippen molar-refractivity contribution in [1.29, 1.82) is 0 Å². The number of halogens is 1. The summed E-state index contributed by atoms with van der Waals surface area (Å²) in [5, 5.41) is 3.27. The molecule has 2 rings (SSSR count). The number of imidazole rings is 1. The maximum Gasteiger partial charge on any atom is 0.0953 e. The Morgan fingerprint density at radius 3 is 2.94 bits per heavy atom. The van der Waals surface area contributed by atoms with Crippen molar-refractivity contribution in [3.63, 3.8) is 0 Å². The van der Waals surface area contributed by atoms with Gasteiger partial charge in [0.1, 0.15) is 0 Å². The third-order valence-electron chi connectivity index (χ3n) is 2.55. The fraction of sp³-hybridized carbons (Fsp3) is 0.308. The topological polar surface area (TPSA) is 29.9 Å². The van der Waals surface area contributed by atoms with Crippen LogP contribution in [-0.2, 0) is 13.1 Å². The molecule has 0 aliphatic rings. The summed E-state index contributed by atoms with van der Waals surface area (Å²) in [5.41, 5.74) is 2.35. The van der Waals surface area contributed by atoms with Crippen LogP contribution in [-0.4, -0.2) is 16.1 Å². The molecule has 0 atom stereocenters. The van der Waals surface area contributed by atoms with Crippen LogP contribution < -0.4 is 5.32 Å². The summed E-state index contributed by atoms with van der Waals surface area (Å²) in [6.45, 7) is 4.75. The van der Waals surface area contributed by atoms with Gasteiger partial charge in [0.05, 0.1) is 12.0 Å². The molecule has 0 radical (unpaired) electrons. The average molecular weight is 294 g/mol. The van der Waals surface area contributed by atoms with Crippen molar-refractivity contribution in [3.05, 3.63) is 52.5 Å². The molecule has 0 bridgehead atoms. The van der Waals surface area contributed by atoms with Crippen LogP contribution in [0.15, 0.2) is 41.3 Å². The molecule has 0 spiro atoms. The van der Waals surface area contributed by atoms with Gasteiger partial charge in [-0.25, -0.2) is 4.98 Å². The number of aromatic nitrogens is 2. The average Bonchev–Trinajstić information content (AvgIpc) is 2.77. The number of hydrogen-bond donors (Lipinski definition) is 1. The number of nitrogens with one attached hydrogen (secondary N) is 1. The van der Waals surface area contributed by atoms with Crippen LogP contribution in [0.5, 0.6) is 0 Å². The highest BCUT2D eigenvalue weighted by Gasteiger charge is 2.01. The first-order valence-electron chi connectivity index (χ1n) is 5.74. The summed E-state index contributed by atoms with van der Waals surface area (Å²) in [5.74, 6) is 0. The van der Waals surface area contributed by atoms with Crippen molar-refractivity contribution >= 4 is 15.9 Å². The molecule has 0 unspecified atom stereocenters. The van der Waals surface area contributed by atoms with E-state index < -0.39 is 0 Å². The van der Waals surface area contributed by atoms with Gasteiger partial charge in [-0.2, -0.15) is 0 Å². The van der Waals surface area contributed by atoms with E-state index in [4.69, 9.17) is 0 Å². The lowest BCUT2D eigenvalue weighted by atomic mass is 10.2. The Balaban J connectivity index is 2.04. The summed E-state index contributed by atoms with van der Waals surface area (Å²) in [6, 6.07) is 8.26. The van der Waals surface area contributed by atoms with E-state index in [-0.39, 0.29) is 0 Å². The van der Waals surface area contributed by atoms with Gasteiger partial charge in [-0.15, -0.1) is 0 Å². The molecule has 0 amide bonds. The molecule has 3 nitrogen and oxygen atoms in total. The molecule has 2 aromatic rings. The minimum atomic E-state index is 0.833. The predicted molar refractivity (Wildman–Crippen MR) is 72.9 cm³/mol. The summed E-state index contributed by atoms with van der Waals surface area (Å²) in [4.78, 5) is 4.36. The first-order valence-corrected chi connectivity index (χ1v) is 6.53. The van der Waals surface area contributed by atoms with Crippen LogP contribution in [0.25, 0.3) is 0 Å². The summed E-state index contributed by atoms with van der Waals surface area (Å²) < 4.78 is 3.24. The Labute approximate surface area is 110 Å². The Bertz CT molecular complexity index is 479. The molecular weight excluding hydrogens is 278 g/mol. The van der Waals surface area contributed by atoms with Crippen molar-refractivity contribution in [1.82, 2.24) is 14.9 Å². The van der Waals surface area contributed by atoms with E-state index in [0.29, 0.717) is 0 Å². The molecule has 4 heteroatoms. The van der Waals surface area contributed by atoms with E-state index in [9.17, 15) is 0 Å². The largest absolute Gasteiger partial charge is 0.333 e. The highest BCUT2D eigenvalue weighted by molar-refractivity contribution is 9.10. The van der Waals surface area contributed by atoms with Crippen LogP contribution in [0.1, 0.15) is 18.2 Å². The van der Waals surface area contributed by atoms with Crippen molar-refractivity contribution in [2.24, 2.45) is 0 Å². The molecule has 17 heavy (non-hydrogen) atoms. The minimum absolute atomic E-state index is 0.833. The maximum atomic E-state index is 4.36. The lowest BCUT2D eigenvalue weighted by Crippen LogP contribution is -2.11. The number of rotatable bonds is 5. The van der Waals surface area contributed by atoms with Crippen LogP contribution in [0.4, 0.5) is 0 Å². The van der Waals surface area contributed by atoms with Crippen molar-refractivity contribution in [2.75, 3.05) is 6.54 Å². The molecule has 0 saturated heterocycles. The number of benzene rings is 1. The lowest BCUT2D eigenvalue weighted by molar-refractivity contribution is 0.712. The molecule has 1 aromatic carbocycles. The standard InChI is InChI=1S/C13H16BrN3/c1-2-15-7-12-9-17(10-16-12)8-11-5-3-4-6-13(11)14/h3-6,9-10,15H,2,7-8H2,1H3. The fourth-order valence-corrected chi connectivity index (χ4v) is 2.07. The van der Waals surface area contributed by atoms with Crippen LogP contribution >= 0.6 is 15.9 Å². The zero-order chi connectivity index (χ0) is 12.1. The van der Waals surface area contributed by atoms with Crippen molar-refractivity contribution in [2.45, 2.75) is 20.0 Å². The van der Waals surface area contributed by atoms with Gasteiger partial charge in [-0.3, -0.25) is 0 Å². The zero-order valence-corrected chi connectivity index (χ0v) is 11.4. The lowest BCUT2D eigenvalue weighted by Gasteiger charge is -2.04. The van der Waals surface area contributed by atoms with E-state index in [1.165, 1.54) is 5.56 Å². The van der Waals surface area contributed by atoms with E-state index in [0.717, 1.165) is 29.8 Å². The van der Waals surface area contributed by atoms with Gasteiger partial charge >= 0.3 is 0 Å². The van der Waals surface area contributed by atoms with Gasteiger partial charge in [0.15, 0.2) is 0 Å². The summed E-state index contributed by atoms with van der Waals surface area (Å²) >= 11 is 3.56. The minimum Gasteiger partial charge on any atom is -0.333 e. The molecule has 1 N–H and O–H groups in total. The Kier molecular flexibility index (Phi) is 4.34. The Hall–Kier alpha value is -1.13. The van der Waals surface area contributed by atoms with Crippen LogP contribution in [0.3, 0.4) is 0 Å². The Morgan fingerprint density at radius 2 is 2.18 bits per heavy atom. The van der Waals surface area contributed by atoms with E-state index in [1.54, 1.807) is 0 Å².